The number of aliphatic hydroxyl groups is 1. The summed E-state index contributed by atoms with van der Waals surface area (Å²) in [5, 5.41) is 18.2. The number of allylic oxidation sites excluding steroid dienone is 1. The minimum Gasteiger partial charge on any atom is -0.392 e. The summed E-state index contributed by atoms with van der Waals surface area (Å²) < 4.78 is 0. The van der Waals surface area contributed by atoms with Crippen molar-refractivity contribution >= 4 is 6.21 Å². The van der Waals surface area contributed by atoms with Crippen molar-refractivity contribution in [2.45, 2.75) is 6.92 Å². The molecule has 0 amide bonds. The van der Waals surface area contributed by atoms with E-state index in [0.29, 0.717) is 5.57 Å². The third-order valence-electron chi connectivity index (χ3n) is 1.20. The molecule has 0 aliphatic rings. The molecule has 52 valence electrons. The molecule has 0 spiro atoms. The molecule has 0 aliphatic heterocycles. The van der Waals surface area contributed by atoms with Gasteiger partial charge in [0, 0.05) is 24.5 Å². The second-order valence-electron chi connectivity index (χ2n) is 1.70. The first-order chi connectivity index (χ1) is 4.26. The van der Waals surface area contributed by atoms with E-state index in [2.05, 4.69) is 5.32 Å². The van der Waals surface area contributed by atoms with Crippen LogP contribution in [0.2, 0.25) is 0 Å². The van der Waals surface area contributed by atoms with E-state index in [0.717, 1.165) is 11.9 Å². The molecular weight excluding hydrogens is 116 g/mol. The fourth-order valence-corrected chi connectivity index (χ4v) is 0.433. The highest BCUT2D eigenvalue weighted by Gasteiger charge is 1.92. The van der Waals surface area contributed by atoms with E-state index in [1.807, 2.05) is 6.92 Å². The lowest BCUT2D eigenvalue weighted by Gasteiger charge is -2.01. The Morgan fingerprint density at radius 2 is 2.33 bits per heavy atom. The quantitative estimate of drug-likeness (QED) is 0.473. The van der Waals surface area contributed by atoms with E-state index >= 15 is 0 Å². The highest BCUT2D eigenvalue weighted by Crippen LogP contribution is 1.93. The Labute approximate surface area is 54.9 Å². The molecule has 0 aromatic heterocycles. The van der Waals surface area contributed by atoms with Crippen LogP contribution in [0.4, 0.5) is 0 Å². The zero-order valence-corrected chi connectivity index (χ0v) is 5.73. The van der Waals surface area contributed by atoms with Crippen LogP contribution in [-0.2, 0) is 0 Å². The average Bonchev–Trinajstić information content (AvgIpc) is 1.90. The maximum atomic E-state index is 8.58. The van der Waals surface area contributed by atoms with Gasteiger partial charge in [0.05, 0.1) is 6.61 Å². The van der Waals surface area contributed by atoms with Crippen LogP contribution < -0.4 is 5.32 Å². The van der Waals surface area contributed by atoms with Gasteiger partial charge < -0.3 is 15.8 Å². The van der Waals surface area contributed by atoms with Crippen LogP contribution in [0.5, 0.6) is 0 Å². The largest absolute Gasteiger partial charge is 0.392 e. The molecule has 0 aromatic carbocycles. The highest BCUT2D eigenvalue weighted by molar-refractivity contribution is 5.76. The Morgan fingerprint density at radius 1 is 1.78 bits per heavy atom. The van der Waals surface area contributed by atoms with Crippen molar-refractivity contribution < 1.29 is 5.11 Å². The first-order valence-corrected chi connectivity index (χ1v) is 2.75. The van der Waals surface area contributed by atoms with Crippen LogP contribution in [0.25, 0.3) is 0 Å². The van der Waals surface area contributed by atoms with Gasteiger partial charge >= 0.3 is 0 Å². The zero-order chi connectivity index (χ0) is 7.28. The number of hydrogen-bond donors (Lipinski definition) is 3. The summed E-state index contributed by atoms with van der Waals surface area (Å²) in [5.74, 6) is 0. The molecule has 0 saturated heterocycles. The second kappa shape index (κ2) is 4.09. The molecule has 9 heavy (non-hydrogen) atoms. The standard InChI is InChI=1S/C6H12N2O/c1-5(8-2)6(3-7)4-9/h3,7-9H,4H2,1-2H3/b6-5+,7-3?. The van der Waals surface area contributed by atoms with Gasteiger partial charge in [-0.2, -0.15) is 0 Å². The molecule has 0 atom stereocenters. The fourth-order valence-electron chi connectivity index (χ4n) is 0.433. The molecular formula is C6H12N2O. The van der Waals surface area contributed by atoms with Crippen molar-refractivity contribution in [2.24, 2.45) is 0 Å². The van der Waals surface area contributed by atoms with Gasteiger partial charge in [-0.1, -0.05) is 0 Å². The van der Waals surface area contributed by atoms with Crippen molar-refractivity contribution in [3.8, 4) is 0 Å². The molecule has 3 heteroatoms. The summed E-state index contributed by atoms with van der Waals surface area (Å²) in [5.41, 5.74) is 1.46. The highest BCUT2D eigenvalue weighted by atomic mass is 16.3. The summed E-state index contributed by atoms with van der Waals surface area (Å²) in [7, 11) is 1.76. The molecule has 0 radical (unpaired) electrons. The molecule has 0 rings (SSSR count). The lowest BCUT2D eigenvalue weighted by molar-refractivity contribution is 0.336. The van der Waals surface area contributed by atoms with E-state index in [9.17, 15) is 0 Å². The van der Waals surface area contributed by atoms with Gasteiger partial charge in [-0.05, 0) is 6.92 Å². The molecule has 0 saturated carbocycles. The Balaban J connectivity index is 4.18. The summed E-state index contributed by atoms with van der Waals surface area (Å²) in [4.78, 5) is 0. The fraction of sp³-hybridized carbons (Fsp3) is 0.500. The maximum Gasteiger partial charge on any atom is 0.0713 e. The van der Waals surface area contributed by atoms with E-state index < -0.39 is 0 Å². The predicted molar refractivity (Wildman–Crippen MR) is 37.6 cm³/mol. The van der Waals surface area contributed by atoms with E-state index in [-0.39, 0.29) is 6.61 Å². The topological polar surface area (TPSA) is 56.1 Å². The van der Waals surface area contributed by atoms with Gasteiger partial charge in [-0.3, -0.25) is 0 Å². The van der Waals surface area contributed by atoms with Crippen LogP contribution in [0.3, 0.4) is 0 Å². The minimum absolute atomic E-state index is 0.0732. The van der Waals surface area contributed by atoms with Crippen molar-refractivity contribution in [3.05, 3.63) is 11.3 Å². The Kier molecular flexibility index (Phi) is 3.71. The summed E-state index contributed by atoms with van der Waals surface area (Å²) in [6.45, 7) is 1.74. The first-order valence-electron chi connectivity index (χ1n) is 2.75. The predicted octanol–water partition coefficient (Wildman–Crippen LogP) is 0.122. The average molecular weight is 128 g/mol. The monoisotopic (exact) mass is 128 g/mol. The molecule has 0 heterocycles. The normalized spacial score (nSPS) is 12.3. The van der Waals surface area contributed by atoms with Crippen LogP contribution in [0, 0.1) is 5.41 Å². The smallest absolute Gasteiger partial charge is 0.0713 e. The summed E-state index contributed by atoms with van der Waals surface area (Å²) in [6.07, 6.45) is 1.14. The molecule has 0 unspecified atom stereocenters. The molecule has 0 fully saturated rings. The summed E-state index contributed by atoms with van der Waals surface area (Å²) >= 11 is 0. The third kappa shape index (κ3) is 2.28. The van der Waals surface area contributed by atoms with Gasteiger partial charge in [0.15, 0.2) is 0 Å². The van der Waals surface area contributed by atoms with Crippen LogP contribution in [-0.4, -0.2) is 25.0 Å². The van der Waals surface area contributed by atoms with Gasteiger partial charge in [-0.15, -0.1) is 0 Å². The number of nitrogens with one attached hydrogen (secondary N) is 2. The molecule has 0 aliphatic carbocycles. The number of hydrogen-bond acceptors (Lipinski definition) is 3. The molecule has 0 bridgehead atoms. The third-order valence-corrected chi connectivity index (χ3v) is 1.20. The van der Waals surface area contributed by atoms with Crippen molar-refractivity contribution in [3.63, 3.8) is 0 Å². The van der Waals surface area contributed by atoms with Gasteiger partial charge in [-0.25, -0.2) is 0 Å². The lowest BCUT2D eigenvalue weighted by Crippen LogP contribution is -2.08. The van der Waals surface area contributed by atoms with Gasteiger partial charge in [0.1, 0.15) is 0 Å². The van der Waals surface area contributed by atoms with Crippen molar-refractivity contribution in [1.29, 1.82) is 5.41 Å². The zero-order valence-electron chi connectivity index (χ0n) is 5.73. The molecule has 0 aromatic rings. The maximum absolute atomic E-state index is 8.58. The van der Waals surface area contributed by atoms with E-state index in [4.69, 9.17) is 10.5 Å². The SMILES string of the molecule is CN/C(C)=C(\C=N)CO. The van der Waals surface area contributed by atoms with Crippen LogP contribution >= 0.6 is 0 Å². The Hall–Kier alpha value is -0.830. The summed E-state index contributed by atoms with van der Waals surface area (Å²) in [6, 6.07) is 0. The van der Waals surface area contributed by atoms with Crippen molar-refractivity contribution in [1.82, 2.24) is 5.32 Å². The molecule has 3 nitrogen and oxygen atoms in total. The second-order valence-corrected chi connectivity index (χ2v) is 1.70. The first kappa shape index (κ1) is 8.17. The van der Waals surface area contributed by atoms with Crippen LogP contribution in [0.1, 0.15) is 6.92 Å². The minimum atomic E-state index is -0.0732. The van der Waals surface area contributed by atoms with Crippen LogP contribution in [0.15, 0.2) is 11.3 Å². The lowest BCUT2D eigenvalue weighted by atomic mass is 10.2. The van der Waals surface area contributed by atoms with Gasteiger partial charge in [0.2, 0.25) is 0 Å². The Bertz CT molecular complexity index is 129. The number of rotatable bonds is 3. The Morgan fingerprint density at radius 3 is 2.44 bits per heavy atom. The molecule has 3 N–H and O–H groups in total. The van der Waals surface area contributed by atoms with E-state index in [1.165, 1.54) is 0 Å². The number of aliphatic hydroxyl groups excluding tert-OH is 1. The van der Waals surface area contributed by atoms with E-state index in [1.54, 1.807) is 7.05 Å². The van der Waals surface area contributed by atoms with Crippen molar-refractivity contribution in [2.75, 3.05) is 13.7 Å². The van der Waals surface area contributed by atoms with Gasteiger partial charge in [0.25, 0.3) is 0 Å².